The van der Waals surface area contributed by atoms with Crippen molar-refractivity contribution in [3.63, 3.8) is 0 Å². The van der Waals surface area contributed by atoms with E-state index in [-0.39, 0.29) is 24.1 Å². The van der Waals surface area contributed by atoms with Crippen molar-refractivity contribution in [1.82, 2.24) is 10.2 Å². The molecule has 3 rings (SSSR count). The molecule has 5 nitrogen and oxygen atoms in total. The van der Waals surface area contributed by atoms with Gasteiger partial charge in [0.25, 0.3) is 0 Å². The number of benzene rings is 1. The van der Waals surface area contributed by atoms with Gasteiger partial charge in [-0.2, -0.15) is 0 Å². The van der Waals surface area contributed by atoms with Gasteiger partial charge in [0, 0.05) is 32.1 Å². The van der Waals surface area contributed by atoms with E-state index in [4.69, 9.17) is 4.74 Å². The molecule has 2 saturated heterocycles. The van der Waals surface area contributed by atoms with E-state index in [0.717, 1.165) is 18.4 Å². The molecular weight excluding hydrogens is 328 g/mol. The fourth-order valence-electron chi connectivity index (χ4n) is 3.94. The molecule has 0 saturated carbocycles. The van der Waals surface area contributed by atoms with Crippen LogP contribution in [0.1, 0.15) is 37.7 Å². The van der Waals surface area contributed by atoms with Crippen molar-refractivity contribution in [2.45, 2.75) is 50.7 Å². The van der Waals surface area contributed by atoms with E-state index in [1.54, 1.807) is 17.0 Å². The highest BCUT2D eigenvalue weighted by molar-refractivity contribution is 5.85. The number of amides is 1. The molecule has 1 amide bonds. The van der Waals surface area contributed by atoms with Crippen molar-refractivity contribution < 1.29 is 14.6 Å². The van der Waals surface area contributed by atoms with Gasteiger partial charge in [-0.1, -0.05) is 6.07 Å². The first-order valence-corrected chi connectivity index (χ1v) is 8.41. The van der Waals surface area contributed by atoms with Gasteiger partial charge in [-0.15, -0.1) is 12.4 Å². The van der Waals surface area contributed by atoms with Crippen LogP contribution in [0.15, 0.2) is 18.2 Å². The van der Waals surface area contributed by atoms with Crippen LogP contribution in [0.3, 0.4) is 0 Å². The predicted octanol–water partition coefficient (Wildman–Crippen LogP) is 2.70. The van der Waals surface area contributed by atoms with Crippen LogP contribution in [0, 0.1) is 5.92 Å². The minimum atomic E-state index is 0. The second-order valence-electron chi connectivity index (χ2n) is 6.94. The summed E-state index contributed by atoms with van der Waals surface area (Å²) in [4.78, 5) is 14.2. The topological polar surface area (TPSA) is 61.8 Å². The maximum Gasteiger partial charge on any atom is 0.222 e. The number of rotatable bonds is 5. The molecule has 2 aliphatic heterocycles. The number of carbonyl (C=O) groups excluding carboxylic acids is 1. The lowest BCUT2D eigenvalue weighted by atomic mass is 9.89. The molecule has 1 aromatic rings. The lowest BCUT2D eigenvalue weighted by Crippen LogP contribution is -2.39. The minimum absolute atomic E-state index is 0. The number of piperidine rings is 1. The van der Waals surface area contributed by atoms with Crippen LogP contribution in [0.25, 0.3) is 0 Å². The second-order valence-corrected chi connectivity index (χ2v) is 6.94. The van der Waals surface area contributed by atoms with Gasteiger partial charge in [0.1, 0.15) is 0 Å². The third kappa shape index (κ3) is 4.33. The molecule has 2 fully saturated rings. The van der Waals surface area contributed by atoms with Crippen LogP contribution in [0.4, 0.5) is 0 Å². The first kappa shape index (κ1) is 18.9. The number of halogens is 1. The van der Waals surface area contributed by atoms with Gasteiger partial charge in [-0.25, -0.2) is 0 Å². The molecule has 2 bridgehead atoms. The summed E-state index contributed by atoms with van der Waals surface area (Å²) in [5.74, 6) is 1.26. The Balaban J connectivity index is 0.00000208. The van der Waals surface area contributed by atoms with E-state index in [0.29, 0.717) is 36.7 Å². The lowest BCUT2D eigenvalue weighted by Gasteiger charge is -2.30. The quantitative estimate of drug-likeness (QED) is 0.853. The molecule has 0 aliphatic carbocycles. The Morgan fingerprint density at radius 2 is 2.00 bits per heavy atom. The van der Waals surface area contributed by atoms with Crippen molar-refractivity contribution >= 4 is 18.3 Å². The Bertz CT molecular complexity index is 569. The standard InChI is InChI=1S/C18H26N2O3.ClH/c1-20(11-12-3-6-17(23-2)16(21)9-12)18(22)10-13-7-14-4-5-15(8-13)19-14;/h3,6,9,13-15,19,21H,4-5,7-8,10-11H2,1-2H3;1H. The number of fused-ring (bicyclic) bond motifs is 2. The van der Waals surface area contributed by atoms with E-state index >= 15 is 0 Å². The average Bonchev–Trinajstić information content (AvgIpc) is 2.86. The van der Waals surface area contributed by atoms with Crippen molar-refractivity contribution in [3.05, 3.63) is 23.8 Å². The second kappa shape index (κ2) is 8.08. The highest BCUT2D eigenvalue weighted by atomic mass is 35.5. The molecule has 0 radical (unpaired) electrons. The highest BCUT2D eigenvalue weighted by Gasteiger charge is 2.34. The van der Waals surface area contributed by atoms with Gasteiger partial charge >= 0.3 is 0 Å². The number of ether oxygens (including phenoxy) is 1. The minimum Gasteiger partial charge on any atom is -0.504 e. The maximum absolute atomic E-state index is 12.5. The number of phenolic OH excluding ortho intramolecular Hbond substituents is 1. The zero-order valence-electron chi connectivity index (χ0n) is 14.3. The molecule has 2 N–H and O–H groups in total. The van der Waals surface area contributed by atoms with Gasteiger partial charge in [-0.05, 0) is 49.3 Å². The molecule has 2 unspecified atom stereocenters. The third-order valence-corrected chi connectivity index (χ3v) is 5.12. The summed E-state index contributed by atoms with van der Waals surface area (Å²) in [5, 5.41) is 13.4. The van der Waals surface area contributed by atoms with E-state index in [9.17, 15) is 9.90 Å². The smallest absolute Gasteiger partial charge is 0.222 e. The first-order valence-electron chi connectivity index (χ1n) is 8.41. The van der Waals surface area contributed by atoms with E-state index in [1.165, 1.54) is 20.0 Å². The highest BCUT2D eigenvalue weighted by Crippen LogP contribution is 2.33. The molecule has 24 heavy (non-hydrogen) atoms. The molecule has 0 spiro atoms. The van der Waals surface area contributed by atoms with E-state index < -0.39 is 0 Å². The lowest BCUT2D eigenvalue weighted by molar-refractivity contribution is -0.131. The summed E-state index contributed by atoms with van der Waals surface area (Å²) in [7, 11) is 3.36. The monoisotopic (exact) mass is 354 g/mol. The first-order chi connectivity index (χ1) is 11.0. The zero-order chi connectivity index (χ0) is 16.4. The Labute approximate surface area is 149 Å². The summed E-state index contributed by atoms with van der Waals surface area (Å²) in [6.07, 6.45) is 5.40. The van der Waals surface area contributed by atoms with Crippen LogP contribution < -0.4 is 10.1 Å². The molecule has 2 heterocycles. The maximum atomic E-state index is 12.5. The Hall–Kier alpha value is -1.46. The number of aromatic hydroxyl groups is 1. The number of phenols is 1. The summed E-state index contributed by atoms with van der Waals surface area (Å²) < 4.78 is 5.04. The number of methoxy groups -OCH3 is 1. The van der Waals surface area contributed by atoms with Crippen molar-refractivity contribution in [3.8, 4) is 11.5 Å². The zero-order valence-corrected chi connectivity index (χ0v) is 15.1. The third-order valence-electron chi connectivity index (χ3n) is 5.12. The van der Waals surface area contributed by atoms with Gasteiger partial charge in [0.15, 0.2) is 11.5 Å². The summed E-state index contributed by atoms with van der Waals surface area (Å²) >= 11 is 0. The van der Waals surface area contributed by atoms with Crippen LogP contribution in [-0.2, 0) is 11.3 Å². The number of nitrogens with zero attached hydrogens (tertiary/aromatic N) is 1. The summed E-state index contributed by atoms with van der Waals surface area (Å²) in [6.45, 7) is 0.508. The van der Waals surface area contributed by atoms with E-state index in [1.807, 2.05) is 13.1 Å². The summed E-state index contributed by atoms with van der Waals surface area (Å²) in [5.41, 5.74) is 0.907. The van der Waals surface area contributed by atoms with Crippen LogP contribution >= 0.6 is 12.4 Å². The van der Waals surface area contributed by atoms with Crippen LogP contribution in [0.5, 0.6) is 11.5 Å². The number of carbonyl (C=O) groups is 1. The number of nitrogens with one attached hydrogen (secondary N) is 1. The van der Waals surface area contributed by atoms with Gasteiger partial charge < -0.3 is 20.1 Å². The molecule has 0 aromatic heterocycles. The Morgan fingerprint density at radius 3 is 2.58 bits per heavy atom. The Kier molecular flexibility index (Phi) is 6.35. The molecule has 1 aromatic carbocycles. The van der Waals surface area contributed by atoms with Crippen LogP contribution in [-0.4, -0.2) is 42.2 Å². The van der Waals surface area contributed by atoms with Crippen molar-refractivity contribution in [2.24, 2.45) is 5.92 Å². The molecule has 6 heteroatoms. The molecule has 134 valence electrons. The van der Waals surface area contributed by atoms with Gasteiger partial charge in [0.05, 0.1) is 7.11 Å². The number of hydrogen-bond acceptors (Lipinski definition) is 4. The fraction of sp³-hybridized carbons (Fsp3) is 0.611. The Morgan fingerprint density at radius 1 is 1.33 bits per heavy atom. The number of hydrogen-bond donors (Lipinski definition) is 2. The fourth-order valence-corrected chi connectivity index (χ4v) is 3.94. The average molecular weight is 355 g/mol. The van der Waals surface area contributed by atoms with Crippen molar-refractivity contribution in [2.75, 3.05) is 14.2 Å². The summed E-state index contributed by atoms with van der Waals surface area (Å²) in [6, 6.07) is 6.51. The molecule has 2 aliphatic rings. The van der Waals surface area contributed by atoms with Crippen LogP contribution in [0.2, 0.25) is 0 Å². The van der Waals surface area contributed by atoms with Crippen molar-refractivity contribution in [1.29, 1.82) is 0 Å². The molecule has 2 atom stereocenters. The normalized spacial score (nSPS) is 25.0. The largest absolute Gasteiger partial charge is 0.504 e. The van der Waals surface area contributed by atoms with Gasteiger partial charge in [-0.3, -0.25) is 4.79 Å². The van der Waals surface area contributed by atoms with E-state index in [2.05, 4.69) is 5.32 Å². The molecular formula is C18H27ClN2O3. The predicted molar refractivity (Wildman–Crippen MR) is 95.7 cm³/mol. The van der Waals surface area contributed by atoms with Gasteiger partial charge in [0.2, 0.25) is 5.91 Å². The SMILES string of the molecule is COc1ccc(CN(C)C(=O)CC2CC3CCC(C2)N3)cc1O.Cl.